The van der Waals surface area contributed by atoms with Crippen LogP contribution in [0.4, 0.5) is 0 Å². The first-order valence-corrected chi connectivity index (χ1v) is 12.3. The second-order valence-electron chi connectivity index (χ2n) is 7.83. The van der Waals surface area contributed by atoms with Gasteiger partial charge in [-0.3, -0.25) is 9.36 Å². The summed E-state index contributed by atoms with van der Waals surface area (Å²) in [5.74, 6) is 1.59. The van der Waals surface area contributed by atoms with Gasteiger partial charge in [-0.2, -0.15) is 5.10 Å². The molecule has 1 aliphatic carbocycles. The number of hydrazone groups is 1. The van der Waals surface area contributed by atoms with Crippen molar-refractivity contribution < 1.29 is 9.53 Å². The summed E-state index contributed by atoms with van der Waals surface area (Å²) < 4.78 is 7.33. The van der Waals surface area contributed by atoms with Gasteiger partial charge in [-0.05, 0) is 66.9 Å². The number of methoxy groups -OCH3 is 1. The molecule has 0 atom stereocenters. The van der Waals surface area contributed by atoms with Crippen LogP contribution < -0.4 is 10.2 Å². The van der Waals surface area contributed by atoms with Crippen LogP contribution in [0.15, 0.2) is 58.8 Å². The average Bonchev–Trinajstić information content (AvgIpc) is 3.28. The fourth-order valence-corrected chi connectivity index (χ4v) is 4.79. The summed E-state index contributed by atoms with van der Waals surface area (Å²) in [5.41, 5.74) is 4.42. The Balaban J connectivity index is 1.42. The van der Waals surface area contributed by atoms with Gasteiger partial charge in [0.15, 0.2) is 11.0 Å². The third kappa shape index (κ3) is 6.15. The number of nitrogens with one attached hydrogen (secondary N) is 1. The molecule has 7 nitrogen and oxygen atoms in total. The summed E-state index contributed by atoms with van der Waals surface area (Å²) in [4.78, 5) is 12.4. The summed E-state index contributed by atoms with van der Waals surface area (Å²) >= 11 is 7.44. The van der Waals surface area contributed by atoms with E-state index in [0.717, 1.165) is 40.7 Å². The Kier molecular flexibility index (Phi) is 8.01. The van der Waals surface area contributed by atoms with E-state index >= 15 is 0 Å². The van der Waals surface area contributed by atoms with Crippen LogP contribution in [0.25, 0.3) is 11.4 Å². The molecule has 33 heavy (non-hydrogen) atoms. The molecule has 1 fully saturated rings. The third-order valence-electron chi connectivity index (χ3n) is 5.56. The van der Waals surface area contributed by atoms with Crippen molar-refractivity contribution in [3.63, 3.8) is 0 Å². The second-order valence-corrected chi connectivity index (χ2v) is 9.21. The predicted octanol–water partition coefficient (Wildman–Crippen LogP) is 5.35. The SMILES string of the molecule is COc1ccc(C=NNC(=O)CSc2nnc(-c3ccc(Cl)cc3)n2C2CCCCC2)cc1. The first-order chi connectivity index (χ1) is 16.1. The second kappa shape index (κ2) is 11.3. The van der Waals surface area contributed by atoms with Crippen LogP contribution in [-0.4, -0.2) is 39.7 Å². The zero-order valence-electron chi connectivity index (χ0n) is 18.4. The maximum atomic E-state index is 12.4. The van der Waals surface area contributed by atoms with E-state index in [0.29, 0.717) is 11.1 Å². The zero-order valence-corrected chi connectivity index (χ0v) is 20.0. The lowest BCUT2D eigenvalue weighted by molar-refractivity contribution is -0.118. The molecule has 0 unspecified atom stereocenters. The van der Waals surface area contributed by atoms with Crippen molar-refractivity contribution in [2.24, 2.45) is 5.10 Å². The molecule has 0 saturated heterocycles. The van der Waals surface area contributed by atoms with Gasteiger partial charge < -0.3 is 4.74 Å². The molecule has 172 valence electrons. The third-order valence-corrected chi connectivity index (χ3v) is 6.75. The molecule has 0 aliphatic heterocycles. The molecule has 2 aromatic carbocycles. The van der Waals surface area contributed by atoms with Gasteiger partial charge >= 0.3 is 0 Å². The Hall–Kier alpha value is -2.84. The first kappa shape index (κ1) is 23.3. The Labute approximate surface area is 202 Å². The van der Waals surface area contributed by atoms with Crippen LogP contribution >= 0.6 is 23.4 Å². The highest BCUT2D eigenvalue weighted by molar-refractivity contribution is 7.99. The number of aromatic nitrogens is 3. The van der Waals surface area contributed by atoms with E-state index in [9.17, 15) is 4.79 Å². The van der Waals surface area contributed by atoms with Crippen molar-refractivity contribution in [3.05, 3.63) is 59.1 Å². The Morgan fingerprint density at radius 3 is 2.58 bits per heavy atom. The fraction of sp³-hybridized carbons (Fsp3) is 0.333. The molecule has 0 radical (unpaired) electrons. The van der Waals surface area contributed by atoms with Crippen LogP contribution in [0.3, 0.4) is 0 Å². The standard InChI is InChI=1S/C24H26ClN5O2S/c1-32-21-13-7-17(8-14-21)15-26-27-22(31)16-33-24-29-28-23(18-9-11-19(25)12-10-18)30(24)20-5-3-2-4-6-20/h7-15,20H,2-6,16H2,1H3,(H,27,31). The van der Waals surface area contributed by atoms with E-state index in [1.807, 2.05) is 48.5 Å². The maximum absolute atomic E-state index is 12.4. The number of thioether (sulfide) groups is 1. The monoisotopic (exact) mass is 483 g/mol. The highest BCUT2D eigenvalue weighted by atomic mass is 35.5. The minimum absolute atomic E-state index is 0.198. The number of hydrogen-bond donors (Lipinski definition) is 1. The number of carbonyl (C=O) groups is 1. The Morgan fingerprint density at radius 1 is 1.15 bits per heavy atom. The summed E-state index contributed by atoms with van der Waals surface area (Å²) in [6, 6.07) is 15.4. The van der Waals surface area contributed by atoms with Gasteiger partial charge in [0.05, 0.1) is 19.1 Å². The molecule has 0 spiro atoms. The van der Waals surface area contributed by atoms with Gasteiger partial charge in [0.2, 0.25) is 0 Å². The minimum atomic E-state index is -0.198. The van der Waals surface area contributed by atoms with Crippen LogP contribution in [0.2, 0.25) is 5.02 Å². The van der Waals surface area contributed by atoms with Crippen LogP contribution in [0.1, 0.15) is 43.7 Å². The van der Waals surface area contributed by atoms with Crippen LogP contribution in [0, 0.1) is 0 Å². The maximum Gasteiger partial charge on any atom is 0.250 e. The van der Waals surface area contributed by atoms with E-state index < -0.39 is 0 Å². The smallest absolute Gasteiger partial charge is 0.250 e. The van der Waals surface area contributed by atoms with Crippen LogP contribution in [0.5, 0.6) is 5.75 Å². The summed E-state index contributed by atoms with van der Waals surface area (Å²) in [7, 11) is 1.62. The summed E-state index contributed by atoms with van der Waals surface area (Å²) in [6.07, 6.45) is 7.41. The molecular weight excluding hydrogens is 458 g/mol. The van der Waals surface area contributed by atoms with Crippen molar-refractivity contribution in [1.29, 1.82) is 0 Å². The molecule has 1 aliphatic rings. The van der Waals surface area contributed by atoms with Gasteiger partial charge in [0, 0.05) is 16.6 Å². The number of rotatable bonds is 8. The van der Waals surface area contributed by atoms with Gasteiger partial charge in [0.1, 0.15) is 5.75 Å². The van der Waals surface area contributed by atoms with E-state index in [2.05, 4.69) is 25.3 Å². The number of halogens is 1. The Bertz CT molecular complexity index is 1090. The normalized spacial score (nSPS) is 14.5. The van der Waals surface area contributed by atoms with Gasteiger partial charge in [-0.25, -0.2) is 5.43 Å². The zero-order chi connectivity index (χ0) is 23.0. The lowest BCUT2D eigenvalue weighted by Crippen LogP contribution is -2.20. The topological polar surface area (TPSA) is 81.4 Å². The van der Waals surface area contributed by atoms with E-state index in [1.165, 1.54) is 31.0 Å². The molecule has 9 heteroatoms. The molecule has 1 amide bonds. The van der Waals surface area contributed by atoms with E-state index in [-0.39, 0.29) is 11.7 Å². The number of benzene rings is 2. The highest BCUT2D eigenvalue weighted by Gasteiger charge is 2.24. The quantitative estimate of drug-likeness (QED) is 0.265. The number of carbonyl (C=O) groups excluding carboxylic acids is 1. The molecule has 1 aromatic heterocycles. The van der Waals surface area contributed by atoms with Crippen molar-refractivity contribution in [2.75, 3.05) is 12.9 Å². The Morgan fingerprint density at radius 2 is 1.88 bits per heavy atom. The predicted molar refractivity (Wildman–Crippen MR) is 132 cm³/mol. The first-order valence-electron chi connectivity index (χ1n) is 10.9. The fourth-order valence-electron chi connectivity index (χ4n) is 3.87. The van der Waals surface area contributed by atoms with Crippen molar-refractivity contribution >= 4 is 35.5 Å². The van der Waals surface area contributed by atoms with E-state index in [1.54, 1.807) is 13.3 Å². The lowest BCUT2D eigenvalue weighted by Gasteiger charge is -2.25. The summed E-state index contributed by atoms with van der Waals surface area (Å²) in [5, 5.41) is 14.4. The van der Waals surface area contributed by atoms with Crippen LogP contribution in [-0.2, 0) is 4.79 Å². The molecular formula is C24H26ClN5O2S. The molecule has 1 heterocycles. The molecule has 1 saturated carbocycles. The van der Waals surface area contributed by atoms with Crippen molar-refractivity contribution in [3.8, 4) is 17.1 Å². The molecule has 3 aromatic rings. The van der Waals surface area contributed by atoms with E-state index in [4.69, 9.17) is 16.3 Å². The number of amides is 1. The average molecular weight is 484 g/mol. The largest absolute Gasteiger partial charge is 0.497 e. The highest BCUT2D eigenvalue weighted by Crippen LogP contribution is 2.35. The number of nitrogens with zero attached hydrogens (tertiary/aromatic N) is 4. The lowest BCUT2D eigenvalue weighted by atomic mass is 9.95. The number of hydrogen-bond acceptors (Lipinski definition) is 6. The summed E-state index contributed by atoms with van der Waals surface area (Å²) in [6.45, 7) is 0. The van der Waals surface area contributed by atoms with Crippen molar-refractivity contribution in [2.45, 2.75) is 43.3 Å². The molecule has 1 N–H and O–H groups in total. The number of ether oxygens (including phenoxy) is 1. The molecule has 4 rings (SSSR count). The van der Waals surface area contributed by atoms with Gasteiger partial charge in [-0.1, -0.05) is 42.6 Å². The molecule has 0 bridgehead atoms. The van der Waals surface area contributed by atoms with Crippen molar-refractivity contribution in [1.82, 2.24) is 20.2 Å². The minimum Gasteiger partial charge on any atom is -0.497 e. The van der Waals surface area contributed by atoms with Gasteiger partial charge in [-0.15, -0.1) is 10.2 Å². The van der Waals surface area contributed by atoms with Gasteiger partial charge in [0.25, 0.3) is 5.91 Å².